The molecular weight excluding hydrogens is 103 g/mol. The summed E-state index contributed by atoms with van der Waals surface area (Å²) in [7, 11) is 1.35. The Morgan fingerprint density at radius 2 is 2.00 bits per heavy atom. The van der Waals surface area contributed by atoms with E-state index >= 15 is 0 Å². The van der Waals surface area contributed by atoms with Gasteiger partial charge in [0.2, 0.25) is 0 Å². The Kier molecular flexibility index (Phi) is 4.03. The van der Waals surface area contributed by atoms with E-state index < -0.39 is 0 Å². The first-order valence-corrected chi connectivity index (χ1v) is 3.39. The third-order valence-electron chi connectivity index (χ3n) is 0.751. The van der Waals surface area contributed by atoms with E-state index in [4.69, 9.17) is 0 Å². The van der Waals surface area contributed by atoms with E-state index in [0.29, 0.717) is 0 Å². The Morgan fingerprint density at radius 3 is 2.14 bits per heavy atom. The molecule has 0 unspecified atom stereocenters. The van der Waals surface area contributed by atoms with E-state index in [2.05, 4.69) is 32.6 Å². The van der Waals surface area contributed by atoms with E-state index in [1.165, 1.54) is 13.5 Å². The third-order valence-corrected chi connectivity index (χ3v) is 1.67. The van der Waals surface area contributed by atoms with Crippen LogP contribution in [0.1, 0.15) is 20.8 Å². The number of hydrogen-bond donors (Lipinski definition) is 0. The fourth-order valence-corrected chi connectivity index (χ4v) is 0.835. The largest absolute Gasteiger partial charge is 0.0802 e. The Bertz CT molecular complexity index is 90.4. The van der Waals surface area contributed by atoms with Gasteiger partial charge in [-0.25, -0.2) is 0 Å². The first kappa shape index (κ1) is 6.91. The summed E-state index contributed by atoms with van der Waals surface area (Å²) in [5.74, 6) is 2.13. The molecule has 0 radical (unpaired) electrons. The molecule has 0 heterocycles. The molecule has 7 heavy (non-hydrogen) atoms. The van der Waals surface area contributed by atoms with Gasteiger partial charge in [0.25, 0.3) is 0 Å². The molecule has 0 amide bonds. The summed E-state index contributed by atoms with van der Waals surface area (Å²) in [5, 5.41) is 1.42. The highest BCUT2D eigenvalue weighted by Crippen LogP contribution is 2.08. The van der Waals surface area contributed by atoms with Crippen LogP contribution in [0.15, 0.2) is 11.4 Å². The quantitative estimate of drug-likeness (QED) is 0.460. The summed E-state index contributed by atoms with van der Waals surface area (Å²) in [4.78, 5) is 0. The molecule has 0 saturated heterocycles. The van der Waals surface area contributed by atoms with Gasteiger partial charge in [-0.3, -0.25) is 0 Å². The second kappa shape index (κ2) is 4.08. The lowest BCUT2D eigenvalue weighted by Gasteiger charge is -1.80. The van der Waals surface area contributed by atoms with Crippen LogP contribution >= 0.6 is 8.20 Å². The normalized spacial score (nSPS) is 13.3. The second-order valence-corrected chi connectivity index (χ2v) is 2.80. The third kappa shape index (κ3) is 3.75. The molecule has 0 N–H and O–H groups in total. The zero-order valence-electron chi connectivity index (χ0n) is 5.10. The summed E-state index contributed by atoms with van der Waals surface area (Å²) < 4.78 is 0. The van der Waals surface area contributed by atoms with Gasteiger partial charge < -0.3 is 0 Å². The first-order valence-electron chi connectivity index (χ1n) is 2.43. The van der Waals surface area contributed by atoms with E-state index in [1.807, 2.05) is 0 Å². The lowest BCUT2D eigenvalue weighted by atomic mass is 10.6. The van der Waals surface area contributed by atoms with Crippen molar-refractivity contribution in [1.29, 1.82) is 0 Å². The Hall–Kier alpha value is -0.0900. The van der Waals surface area contributed by atoms with Gasteiger partial charge >= 0.3 is 0 Å². The average Bonchev–Trinajstić information content (AvgIpc) is 1.68. The van der Waals surface area contributed by atoms with Crippen molar-refractivity contribution in [3.05, 3.63) is 11.4 Å². The summed E-state index contributed by atoms with van der Waals surface area (Å²) in [6.45, 7) is 6.25. The molecule has 0 saturated carbocycles. The fourth-order valence-electron chi connectivity index (χ4n) is 0.278. The average molecular weight is 114 g/mol. The maximum absolute atomic E-state index is 2.13. The van der Waals surface area contributed by atoms with E-state index in [9.17, 15) is 0 Å². The first-order chi connectivity index (χ1) is 3.31. The number of allylic oxidation sites excluding steroid dienone is 2. The molecule has 0 atom stereocenters. The molecule has 0 rings (SSSR count). The molecule has 0 aliphatic heterocycles. The van der Waals surface area contributed by atoms with Crippen LogP contribution < -0.4 is 0 Å². The molecule has 0 aromatic heterocycles. The van der Waals surface area contributed by atoms with Crippen molar-refractivity contribution in [3.63, 3.8) is 0 Å². The molecule has 0 nitrogen and oxygen atoms in total. The van der Waals surface area contributed by atoms with Crippen molar-refractivity contribution in [2.75, 3.05) is 0 Å². The van der Waals surface area contributed by atoms with Gasteiger partial charge in [0.05, 0.1) is 0 Å². The van der Waals surface area contributed by atoms with Crippen molar-refractivity contribution in [1.82, 2.24) is 0 Å². The molecule has 0 aromatic carbocycles. The molecule has 0 aliphatic rings. The molecule has 0 bridgehead atoms. The topological polar surface area (TPSA) is 0 Å². The standard InChI is InChI=1S/C6H11P/c1-4-6(3)7-5-2/h4-5H,1-3H3/b6-4-. The van der Waals surface area contributed by atoms with E-state index in [1.54, 1.807) is 0 Å². The minimum absolute atomic E-state index is 1.35. The number of rotatable bonds is 1. The molecule has 1 heteroatoms. The van der Waals surface area contributed by atoms with E-state index in [-0.39, 0.29) is 0 Å². The van der Waals surface area contributed by atoms with Gasteiger partial charge in [-0.2, -0.15) is 0 Å². The van der Waals surface area contributed by atoms with Crippen LogP contribution in [0.2, 0.25) is 0 Å². The van der Waals surface area contributed by atoms with Gasteiger partial charge in [0, 0.05) is 0 Å². The van der Waals surface area contributed by atoms with Crippen molar-refractivity contribution in [2.45, 2.75) is 20.8 Å². The smallest absolute Gasteiger partial charge is 0.0283 e. The molecule has 0 spiro atoms. The van der Waals surface area contributed by atoms with Gasteiger partial charge in [-0.05, 0) is 26.1 Å². The predicted molar refractivity (Wildman–Crippen MR) is 38.1 cm³/mol. The van der Waals surface area contributed by atoms with Crippen LogP contribution in [0, 0.1) is 0 Å². The highest BCUT2D eigenvalue weighted by molar-refractivity contribution is 7.43. The van der Waals surface area contributed by atoms with Crippen LogP contribution in [0.25, 0.3) is 0 Å². The fraction of sp³-hybridized carbons (Fsp3) is 0.500. The predicted octanol–water partition coefficient (Wildman–Crippen LogP) is 2.68. The summed E-state index contributed by atoms with van der Waals surface area (Å²) in [5.41, 5.74) is 0. The van der Waals surface area contributed by atoms with Crippen LogP contribution in [0.3, 0.4) is 0 Å². The summed E-state index contributed by atoms with van der Waals surface area (Å²) in [6, 6.07) is 0. The zero-order chi connectivity index (χ0) is 5.70. The lowest BCUT2D eigenvalue weighted by Crippen LogP contribution is -1.52. The maximum Gasteiger partial charge on any atom is -0.0283 e. The maximum atomic E-state index is 2.13. The van der Waals surface area contributed by atoms with Crippen LogP contribution in [-0.4, -0.2) is 5.80 Å². The Labute approximate surface area is 47.0 Å². The van der Waals surface area contributed by atoms with Gasteiger partial charge in [0.1, 0.15) is 0 Å². The van der Waals surface area contributed by atoms with Crippen molar-refractivity contribution in [2.24, 2.45) is 0 Å². The van der Waals surface area contributed by atoms with Gasteiger partial charge in [-0.15, -0.1) is 0 Å². The van der Waals surface area contributed by atoms with Gasteiger partial charge in [-0.1, -0.05) is 20.1 Å². The molecular formula is C6H11P. The number of hydrogen-bond acceptors (Lipinski definition) is 0. The van der Waals surface area contributed by atoms with E-state index in [0.717, 1.165) is 0 Å². The Morgan fingerprint density at radius 1 is 1.43 bits per heavy atom. The molecule has 0 aliphatic carbocycles. The monoisotopic (exact) mass is 114 g/mol. The highest BCUT2D eigenvalue weighted by atomic mass is 31.1. The van der Waals surface area contributed by atoms with Crippen molar-refractivity contribution >= 4 is 14.0 Å². The van der Waals surface area contributed by atoms with Crippen LogP contribution in [0.4, 0.5) is 0 Å². The summed E-state index contributed by atoms with van der Waals surface area (Å²) in [6.07, 6.45) is 2.13. The van der Waals surface area contributed by atoms with Gasteiger partial charge in [0.15, 0.2) is 0 Å². The SMILES string of the molecule is CC=P/C(C)=C\C. The van der Waals surface area contributed by atoms with Crippen LogP contribution in [0.5, 0.6) is 0 Å². The second-order valence-electron chi connectivity index (χ2n) is 1.32. The molecule has 0 fully saturated rings. The Balaban J connectivity index is 3.58. The lowest BCUT2D eigenvalue weighted by molar-refractivity contribution is 1.60. The minimum Gasteiger partial charge on any atom is -0.0802 e. The summed E-state index contributed by atoms with van der Waals surface area (Å²) >= 11 is 0. The molecule has 0 aromatic rings. The van der Waals surface area contributed by atoms with Crippen molar-refractivity contribution < 1.29 is 0 Å². The van der Waals surface area contributed by atoms with Crippen LogP contribution in [-0.2, 0) is 0 Å². The van der Waals surface area contributed by atoms with Crippen molar-refractivity contribution in [3.8, 4) is 0 Å². The zero-order valence-corrected chi connectivity index (χ0v) is 6.00. The minimum atomic E-state index is 1.35. The molecule has 40 valence electrons. The highest BCUT2D eigenvalue weighted by Gasteiger charge is 1.70.